The van der Waals surface area contributed by atoms with Gasteiger partial charge in [0.25, 0.3) is 11.5 Å². The van der Waals surface area contributed by atoms with Crippen molar-refractivity contribution in [3.05, 3.63) is 56.4 Å². The highest BCUT2D eigenvalue weighted by Crippen LogP contribution is 2.27. The number of primary amides is 1. The number of amides is 1. The average Bonchev–Trinajstić information content (AvgIpc) is 3.09. The van der Waals surface area contributed by atoms with Gasteiger partial charge in [0.15, 0.2) is 0 Å². The Balaban J connectivity index is 1.76. The van der Waals surface area contributed by atoms with Crippen LogP contribution < -0.4 is 16.0 Å². The number of nitrogens with zero attached hydrogens (tertiary/aromatic N) is 2. The van der Waals surface area contributed by atoms with Gasteiger partial charge in [0.05, 0.1) is 29.5 Å². The Morgan fingerprint density at radius 1 is 1.23 bits per heavy atom. The van der Waals surface area contributed by atoms with Crippen LogP contribution in [0.2, 0.25) is 0 Å². The molecule has 2 aromatic heterocycles. The molecule has 0 spiro atoms. The number of hydrogen-bond acceptors (Lipinski definition) is 7. The summed E-state index contributed by atoms with van der Waals surface area (Å²) in [7, 11) is 1.33. The number of aryl methyl sites for hydroxylation is 2. The average molecular weight is 444 g/mol. The van der Waals surface area contributed by atoms with E-state index in [1.54, 1.807) is 35.8 Å². The lowest BCUT2D eigenvalue weighted by atomic mass is 10.2. The van der Waals surface area contributed by atoms with Gasteiger partial charge in [-0.25, -0.2) is 9.78 Å². The molecule has 0 radical (unpaired) electrons. The molecule has 1 amide bonds. The molecule has 0 fully saturated rings. The number of carbonyl (C=O) groups excluding carboxylic acids is 2. The SMILES string of the molecule is CCCc1nc2sc(C(N)=O)c(C)c2c(=O)n1CCCOc1ccc(C(=O)OC)cc1. The summed E-state index contributed by atoms with van der Waals surface area (Å²) in [6.45, 7) is 4.59. The molecule has 8 nitrogen and oxygen atoms in total. The van der Waals surface area contributed by atoms with Gasteiger partial charge < -0.3 is 15.2 Å². The lowest BCUT2D eigenvalue weighted by Crippen LogP contribution is -2.26. The van der Waals surface area contributed by atoms with Crippen LogP contribution in [0.4, 0.5) is 0 Å². The summed E-state index contributed by atoms with van der Waals surface area (Å²) in [6, 6.07) is 6.68. The minimum absolute atomic E-state index is 0.155. The van der Waals surface area contributed by atoms with E-state index in [1.807, 2.05) is 6.92 Å². The number of ether oxygens (including phenoxy) is 2. The van der Waals surface area contributed by atoms with Crippen LogP contribution in [-0.2, 0) is 17.7 Å². The number of nitrogens with two attached hydrogens (primary N) is 1. The van der Waals surface area contributed by atoms with Gasteiger partial charge in [-0.3, -0.25) is 14.2 Å². The van der Waals surface area contributed by atoms with Crippen LogP contribution in [0.25, 0.3) is 10.2 Å². The van der Waals surface area contributed by atoms with E-state index in [9.17, 15) is 14.4 Å². The number of thiophene rings is 1. The molecule has 0 saturated carbocycles. The quantitative estimate of drug-likeness (QED) is 0.402. The predicted molar refractivity (Wildman–Crippen MR) is 119 cm³/mol. The van der Waals surface area contributed by atoms with E-state index in [2.05, 4.69) is 9.72 Å². The summed E-state index contributed by atoms with van der Waals surface area (Å²) in [4.78, 5) is 41.9. The number of methoxy groups -OCH3 is 1. The largest absolute Gasteiger partial charge is 0.494 e. The maximum atomic E-state index is 13.2. The highest BCUT2D eigenvalue weighted by molar-refractivity contribution is 7.20. The summed E-state index contributed by atoms with van der Waals surface area (Å²) in [5, 5.41) is 0.456. The standard InChI is InChI=1S/C22H25N3O5S/c1-4-6-16-24-20-17(13(2)18(31-20)19(23)26)21(27)25(16)11-5-12-30-15-9-7-14(8-10-15)22(28)29-3/h7-10H,4-6,11-12H2,1-3H3,(H2,23,26). The van der Waals surface area contributed by atoms with E-state index >= 15 is 0 Å². The van der Waals surface area contributed by atoms with Crippen molar-refractivity contribution in [3.8, 4) is 5.75 Å². The van der Waals surface area contributed by atoms with Gasteiger partial charge in [0.2, 0.25) is 0 Å². The molecule has 0 aliphatic rings. The van der Waals surface area contributed by atoms with Gasteiger partial charge >= 0.3 is 5.97 Å². The molecule has 31 heavy (non-hydrogen) atoms. The van der Waals surface area contributed by atoms with E-state index in [0.717, 1.165) is 6.42 Å². The fourth-order valence-corrected chi connectivity index (χ4v) is 4.40. The summed E-state index contributed by atoms with van der Waals surface area (Å²) in [5.41, 5.74) is 6.33. The second-order valence-corrected chi connectivity index (χ2v) is 8.05. The third-order valence-corrected chi connectivity index (χ3v) is 6.10. The number of aromatic nitrogens is 2. The van der Waals surface area contributed by atoms with Crippen molar-refractivity contribution in [1.29, 1.82) is 0 Å². The first-order valence-electron chi connectivity index (χ1n) is 10.0. The van der Waals surface area contributed by atoms with Crippen LogP contribution in [0.15, 0.2) is 29.1 Å². The van der Waals surface area contributed by atoms with Gasteiger partial charge in [-0.1, -0.05) is 6.92 Å². The van der Waals surface area contributed by atoms with Gasteiger partial charge in [-0.15, -0.1) is 11.3 Å². The molecule has 0 unspecified atom stereocenters. The van der Waals surface area contributed by atoms with Crippen LogP contribution in [0.1, 0.15) is 51.2 Å². The highest BCUT2D eigenvalue weighted by Gasteiger charge is 2.20. The van der Waals surface area contributed by atoms with Crippen LogP contribution in [-0.4, -0.2) is 35.1 Å². The number of esters is 1. The van der Waals surface area contributed by atoms with Crippen LogP contribution in [0.3, 0.4) is 0 Å². The number of benzene rings is 1. The lowest BCUT2D eigenvalue weighted by molar-refractivity contribution is 0.0600. The fourth-order valence-electron chi connectivity index (χ4n) is 3.36. The molecule has 1 aromatic carbocycles. The first-order chi connectivity index (χ1) is 14.9. The van der Waals surface area contributed by atoms with E-state index in [4.69, 9.17) is 10.5 Å². The smallest absolute Gasteiger partial charge is 0.337 e. The topological polar surface area (TPSA) is 114 Å². The molecule has 0 bridgehead atoms. The first kappa shape index (κ1) is 22.5. The Hall–Kier alpha value is -3.20. The third-order valence-electron chi connectivity index (χ3n) is 4.90. The molecule has 3 rings (SSSR count). The molecule has 9 heteroatoms. The lowest BCUT2D eigenvalue weighted by Gasteiger charge is -2.13. The van der Waals surface area contributed by atoms with Crippen LogP contribution in [0.5, 0.6) is 5.75 Å². The normalized spacial score (nSPS) is 10.9. The zero-order valence-electron chi connectivity index (χ0n) is 17.8. The highest BCUT2D eigenvalue weighted by atomic mass is 32.1. The summed E-state index contributed by atoms with van der Waals surface area (Å²) in [6.07, 6.45) is 2.09. The van der Waals surface area contributed by atoms with Gasteiger partial charge in [-0.2, -0.15) is 0 Å². The van der Waals surface area contributed by atoms with Crippen molar-refractivity contribution in [2.45, 2.75) is 39.7 Å². The molecule has 0 saturated heterocycles. The molecular formula is C22H25N3O5S. The zero-order chi connectivity index (χ0) is 22.5. The third kappa shape index (κ3) is 4.77. The maximum absolute atomic E-state index is 13.2. The van der Waals surface area contributed by atoms with Crippen molar-refractivity contribution in [1.82, 2.24) is 9.55 Å². The van der Waals surface area contributed by atoms with E-state index < -0.39 is 11.9 Å². The van der Waals surface area contributed by atoms with E-state index in [1.165, 1.54) is 18.4 Å². The minimum atomic E-state index is -0.546. The molecule has 2 heterocycles. The van der Waals surface area contributed by atoms with Crippen molar-refractivity contribution >= 4 is 33.4 Å². The molecule has 3 aromatic rings. The first-order valence-corrected chi connectivity index (χ1v) is 10.8. The van der Waals surface area contributed by atoms with Crippen LogP contribution >= 0.6 is 11.3 Å². The number of fused-ring (bicyclic) bond motifs is 1. The second kappa shape index (κ2) is 9.74. The molecule has 0 atom stereocenters. The Kier molecular flexibility index (Phi) is 7.06. The molecule has 0 aliphatic carbocycles. The van der Waals surface area contributed by atoms with Gasteiger partial charge in [0.1, 0.15) is 16.4 Å². The van der Waals surface area contributed by atoms with Crippen molar-refractivity contribution in [2.24, 2.45) is 5.73 Å². The summed E-state index contributed by atoms with van der Waals surface area (Å²) < 4.78 is 12.1. The summed E-state index contributed by atoms with van der Waals surface area (Å²) >= 11 is 1.17. The molecule has 0 aliphatic heterocycles. The van der Waals surface area contributed by atoms with Crippen molar-refractivity contribution < 1.29 is 19.1 Å². The molecule has 164 valence electrons. The van der Waals surface area contributed by atoms with Crippen molar-refractivity contribution in [3.63, 3.8) is 0 Å². The predicted octanol–water partition coefficient (Wildman–Crippen LogP) is 3.07. The summed E-state index contributed by atoms with van der Waals surface area (Å²) in [5.74, 6) is 0.373. The zero-order valence-corrected chi connectivity index (χ0v) is 18.6. The minimum Gasteiger partial charge on any atom is -0.494 e. The Bertz CT molecular complexity index is 1160. The Morgan fingerprint density at radius 2 is 1.94 bits per heavy atom. The van der Waals surface area contributed by atoms with Crippen molar-refractivity contribution in [2.75, 3.05) is 13.7 Å². The Labute approximate surface area is 183 Å². The van der Waals surface area contributed by atoms with Gasteiger partial charge in [-0.05, 0) is 49.6 Å². The molecular weight excluding hydrogens is 418 g/mol. The number of carbonyl (C=O) groups is 2. The number of rotatable bonds is 9. The van der Waals surface area contributed by atoms with Crippen LogP contribution in [0, 0.1) is 6.92 Å². The second-order valence-electron chi connectivity index (χ2n) is 7.05. The van der Waals surface area contributed by atoms with E-state index in [0.29, 0.717) is 63.8 Å². The Morgan fingerprint density at radius 3 is 2.55 bits per heavy atom. The van der Waals surface area contributed by atoms with E-state index in [-0.39, 0.29) is 5.56 Å². The number of hydrogen-bond donors (Lipinski definition) is 1. The fraction of sp³-hybridized carbons (Fsp3) is 0.364. The monoisotopic (exact) mass is 443 g/mol. The molecule has 2 N–H and O–H groups in total. The maximum Gasteiger partial charge on any atom is 0.337 e. The van der Waals surface area contributed by atoms with Gasteiger partial charge in [0, 0.05) is 13.0 Å².